The van der Waals surface area contributed by atoms with E-state index in [1.807, 2.05) is 0 Å². The van der Waals surface area contributed by atoms with Gasteiger partial charge in [-0.3, -0.25) is 0 Å². The summed E-state index contributed by atoms with van der Waals surface area (Å²) in [5.74, 6) is 1.45. The molecule has 0 atom stereocenters. The van der Waals surface area contributed by atoms with E-state index in [2.05, 4.69) is 16.6 Å². The number of hydrogen-bond donors (Lipinski definition) is 3. The minimum absolute atomic E-state index is 0.133. The lowest BCUT2D eigenvalue weighted by molar-refractivity contribution is 0.0697. The number of carboxylic acids is 1. The second kappa shape index (κ2) is 7.07. The summed E-state index contributed by atoms with van der Waals surface area (Å²) in [6.45, 7) is 2.27. The molecule has 19 heavy (non-hydrogen) atoms. The second-order valence-electron chi connectivity index (χ2n) is 4.02. The fourth-order valence-electron chi connectivity index (χ4n) is 1.45. The molecule has 5 nitrogen and oxygen atoms in total. The number of anilines is 1. The predicted molar refractivity (Wildman–Crippen MR) is 73.2 cm³/mol. The Labute approximate surface area is 112 Å². The third-order valence-electron chi connectivity index (χ3n) is 2.52. The number of rotatable bonds is 5. The third kappa shape index (κ3) is 4.72. The van der Waals surface area contributed by atoms with E-state index in [0.29, 0.717) is 25.1 Å². The van der Waals surface area contributed by atoms with Gasteiger partial charge in [-0.15, -0.1) is 12.3 Å². The minimum atomic E-state index is -1.03. The zero-order valence-electron chi connectivity index (χ0n) is 10.7. The van der Waals surface area contributed by atoms with Gasteiger partial charge in [0, 0.05) is 18.7 Å². The van der Waals surface area contributed by atoms with E-state index in [-0.39, 0.29) is 11.6 Å². The van der Waals surface area contributed by atoms with Crippen LogP contribution in [0.3, 0.4) is 0 Å². The highest BCUT2D eigenvalue weighted by Crippen LogP contribution is 2.16. The fourth-order valence-corrected chi connectivity index (χ4v) is 1.45. The van der Waals surface area contributed by atoms with Crippen molar-refractivity contribution in [2.24, 2.45) is 0 Å². The Morgan fingerprint density at radius 2 is 2.16 bits per heavy atom. The van der Waals surface area contributed by atoms with Crippen LogP contribution in [0.25, 0.3) is 0 Å². The molecular formula is C14H16N2O3. The molecular weight excluding hydrogens is 244 g/mol. The van der Waals surface area contributed by atoms with Crippen molar-refractivity contribution in [1.29, 1.82) is 0 Å². The molecule has 5 heteroatoms. The molecule has 0 saturated carbocycles. The van der Waals surface area contributed by atoms with Crippen LogP contribution in [0.4, 0.5) is 10.5 Å². The molecule has 1 rings (SSSR count). The van der Waals surface area contributed by atoms with Gasteiger partial charge in [-0.05, 0) is 31.0 Å². The van der Waals surface area contributed by atoms with Crippen molar-refractivity contribution >= 4 is 17.7 Å². The van der Waals surface area contributed by atoms with E-state index in [0.717, 1.165) is 5.56 Å². The summed E-state index contributed by atoms with van der Waals surface area (Å²) >= 11 is 0. The van der Waals surface area contributed by atoms with E-state index in [9.17, 15) is 9.59 Å². The quantitative estimate of drug-likeness (QED) is 0.561. The number of aromatic carboxylic acids is 1. The Hall–Kier alpha value is -2.48. The molecule has 2 amide bonds. The first-order valence-electron chi connectivity index (χ1n) is 5.87. The van der Waals surface area contributed by atoms with Crippen LogP contribution in [0, 0.1) is 19.3 Å². The molecule has 0 heterocycles. The van der Waals surface area contributed by atoms with Gasteiger partial charge in [-0.1, -0.05) is 6.07 Å². The zero-order valence-corrected chi connectivity index (χ0v) is 10.7. The molecule has 1 aromatic rings. The Bertz CT molecular complexity index is 518. The van der Waals surface area contributed by atoms with Crippen LogP contribution in [-0.2, 0) is 0 Å². The summed E-state index contributed by atoms with van der Waals surface area (Å²) in [6, 6.07) is 4.20. The van der Waals surface area contributed by atoms with Gasteiger partial charge in [0.15, 0.2) is 0 Å². The molecule has 3 N–H and O–H groups in total. The molecule has 0 bridgehead atoms. The summed E-state index contributed by atoms with van der Waals surface area (Å²) < 4.78 is 0. The lowest BCUT2D eigenvalue weighted by Crippen LogP contribution is -2.29. The smallest absolute Gasteiger partial charge is 0.335 e. The Balaban J connectivity index is 2.61. The number of carboxylic acid groups (broad SMARTS) is 1. The molecule has 0 aliphatic heterocycles. The predicted octanol–water partition coefficient (Wildman–Crippen LogP) is 2.23. The normalized spacial score (nSPS) is 9.47. The standard InChI is InChI=1S/C14H16N2O3/c1-3-4-5-8-15-14(19)16-12-9-11(13(17)18)7-6-10(12)2/h1,6-7,9H,4-5,8H2,2H3,(H,17,18)(H2,15,16,19). The molecule has 0 aromatic heterocycles. The van der Waals surface area contributed by atoms with Crippen molar-refractivity contribution in [3.63, 3.8) is 0 Å². The van der Waals surface area contributed by atoms with Gasteiger partial charge in [0.25, 0.3) is 0 Å². The maximum atomic E-state index is 11.6. The van der Waals surface area contributed by atoms with E-state index in [1.165, 1.54) is 12.1 Å². The van der Waals surface area contributed by atoms with E-state index in [4.69, 9.17) is 11.5 Å². The molecule has 0 saturated heterocycles. The molecule has 0 fully saturated rings. The van der Waals surface area contributed by atoms with Crippen LogP contribution in [0.15, 0.2) is 18.2 Å². The lowest BCUT2D eigenvalue weighted by atomic mass is 10.1. The Kier molecular flexibility index (Phi) is 5.42. The molecule has 100 valence electrons. The van der Waals surface area contributed by atoms with Crippen LogP contribution >= 0.6 is 0 Å². The fraction of sp³-hybridized carbons (Fsp3) is 0.286. The maximum absolute atomic E-state index is 11.6. The Morgan fingerprint density at radius 1 is 1.42 bits per heavy atom. The van der Waals surface area contributed by atoms with Gasteiger partial charge in [0.05, 0.1) is 5.56 Å². The van der Waals surface area contributed by atoms with E-state index >= 15 is 0 Å². The van der Waals surface area contributed by atoms with Crippen LogP contribution in [0.2, 0.25) is 0 Å². The summed E-state index contributed by atoms with van der Waals surface area (Å²) in [6.07, 6.45) is 6.41. The molecule has 1 aromatic carbocycles. The second-order valence-corrected chi connectivity index (χ2v) is 4.02. The largest absolute Gasteiger partial charge is 0.478 e. The van der Waals surface area contributed by atoms with Crippen molar-refractivity contribution in [2.75, 3.05) is 11.9 Å². The number of aryl methyl sites for hydroxylation is 1. The van der Waals surface area contributed by atoms with Crippen molar-refractivity contribution in [3.8, 4) is 12.3 Å². The SMILES string of the molecule is C#CCCCNC(=O)Nc1cc(C(=O)O)ccc1C. The number of urea groups is 1. The highest BCUT2D eigenvalue weighted by molar-refractivity contribution is 5.93. The number of amides is 2. The van der Waals surface area contributed by atoms with E-state index in [1.54, 1.807) is 13.0 Å². The van der Waals surface area contributed by atoms with Gasteiger partial charge in [0.1, 0.15) is 0 Å². The molecule has 0 aliphatic rings. The van der Waals surface area contributed by atoms with E-state index < -0.39 is 5.97 Å². The lowest BCUT2D eigenvalue weighted by Gasteiger charge is -2.10. The Morgan fingerprint density at radius 3 is 2.79 bits per heavy atom. The first-order valence-corrected chi connectivity index (χ1v) is 5.87. The summed E-state index contributed by atoms with van der Waals surface area (Å²) in [5, 5.41) is 14.2. The minimum Gasteiger partial charge on any atom is -0.478 e. The van der Waals surface area contributed by atoms with Gasteiger partial charge < -0.3 is 15.7 Å². The molecule has 0 unspecified atom stereocenters. The number of unbranched alkanes of at least 4 members (excludes halogenated alkanes) is 1. The van der Waals surface area contributed by atoms with Crippen LogP contribution in [0.1, 0.15) is 28.8 Å². The first-order chi connectivity index (χ1) is 9.04. The summed E-state index contributed by atoms with van der Waals surface area (Å²) in [4.78, 5) is 22.4. The number of benzene rings is 1. The summed E-state index contributed by atoms with van der Waals surface area (Å²) in [7, 11) is 0. The van der Waals surface area contributed by atoms with Crippen LogP contribution in [-0.4, -0.2) is 23.7 Å². The summed E-state index contributed by atoms with van der Waals surface area (Å²) in [5.41, 5.74) is 1.41. The number of carbonyl (C=O) groups is 2. The third-order valence-corrected chi connectivity index (χ3v) is 2.52. The maximum Gasteiger partial charge on any atom is 0.335 e. The highest BCUT2D eigenvalue weighted by atomic mass is 16.4. The molecule has 0 radical (unpaired) electrons. The number of hydrogen-bond acceptors (Lipinski definition) is 2. The van der Waals surface area contributed by atoms with Gasteiger partial charge in [0.2, 0.25) is 0 Å². The van der Waals surface area contributed by atoms with Crippen molar-refractivity contribution in [3.05, 3.63) is 29.3 Å². The van der Waals surface area contributed by atoms with Gasteiger partial charge in [-0.25, -0.2) is 9.59 Å². The van der Waals surface area contributed by atoms with Crippen LogP contribution in [0.5, 0.6) is 0 Å². The first kappa shape index (κ1) is 14.6. The topological polar surface area (TPSA) is 78.4 Å². The zero-order chi connectivity index (χ0) is 14.3. The highest BCUT2D eigenvalue weighted by Gasteiger charge is 2.08. The van der Waals surface area contributed by atoms with Gasteiger partial charge in [-0.2, -0.15) is 0 Å². The average Bonchev–Trinajstić information content (AvgIpc) is 2.37. The van der Waals surface area contributed by atoms with Crippen LogP contribution < -0.4 is 10.6 Å². The molecule has 0 spiro atoms. The number of nitrogens with one attached hydrogen (secondary N) is 2. The molecule has 0 aliphatic carbocycles. The number of carbonyl (C=O) groups excluding carboxylic acids is 1. The van der Waals surface area contributed by atoms with Crippen molar-refractivity contribution < 1.29 is 14.7 Å². The monoisotopic (exact) mass is 260 g/mol. The van der Waals surface area contributed by atoms with Crippen molar-refractivity contribution in [2.45, 2.75) is 19.8 Å². The van der Waals surface area contributed by atoms with Gasteiger partial charge >= 0.3 is 12.0 Å². The number of terminal acetylenes is 1. The van der Waals surface area contributed by atoms with Crippen molar-refractivity contribution in [1.82, 2.24) is 5.32 Å². The average molecular weight is 260 g/mol.